The minimum atomic E-state index is -2.99. The second kappa shape index (κ2) is 9.11. The van der Waals surface area contributed by atoms with Gasteiger partial charge in [-0.3, -0.25) is 9.59 Å². The van der Waals surface area contributed by atoms with Crippen molar-refractivity contribution >= 4 is 5.91 Å². The van der Waals surface area contributed by atoms with E-state index >= 15 is 0 Å². The summed E-state index contributed by atoms with van der Waals surface area (Å²) in [4.78, 5) is 25.7. The summed E-state index contributed by atoms with van der Waals surface area (Å²) in [6.45, 7) is -0.539. The van der Waals surface area contributed by atoms with Gasteiger partial charge in [-0.1, -0.05) is 13.0 Å². The van der Waals surface area contributed by atoms with Gasteiger partial charge in [0.2, 0.25) is 0 Å². The lowest BCUT2D eigenvalue weighted by atomic mass is 10.2. The number of carbonyl (C=O) groups excluding carboxylic acids is 1. The number of hydrogen-bond donors (Lipinski definition) is 0. The van der Waals surface area contributed by atoms with Gasteiger partial charge in [-0.15, -0.1) is 0 Å². The number of methoxy groups -OCH3 is 1. The number of rotatable bonds is 8. The molecule has 1 amide bonds. The van der Waals surface area contributed by atoms with E-state index in [4.69, 9.17) is 4.74 Å². The molecule has 0 aliphatic carbocycles. The summed E-state index contributed by atoms with van der Waals surface area (Å²) >= 11 is 0. The Hall–Kier alpha value is -2.97. The first-order valence-electron chi connectivity index (χ1n) is 8.31. The number of ether oxygens (including phenoxy) is 2. The normalized spacial score (nSPS) is 10.7. The van der Waals surface area contributed by atoms with E-state index in [1.165, 1.54) is 41.0 Å². The van der Waals surface area contributed by atoms with Gasteiger partial charge < -0.3 is 14.4 Å². The first-order chi connectivity index (χ1) is 12.8. The van der Waals surface area contributed by atoms with Crippen LogP contribution in [0.15, 0.2) is 35.1 Å². The number of alkyl halides is 2. The van der Waals surface area contributed by atoms with Gasteiger partial charge in [0.25, 0.3) is 11.5 Å². The Labute approximate surface area is 155 Å². The number of nitrogens with zero attached hydrogens (tertiary/aromatic N) is 3. The number of amides is 1. The van der Waals surface area contributed by atoms with Crippen LogP contribution in [0, 0.1) is 0 Å². The maximum atomic E-state index is 12.6. The maximum absolute atomic E-state index is 12.6. The van der Waals surface area contributed by atoms with E-state index in [9.17, 15) is 18.4 Å². The molecule has 0 radical (unpaired) electrons. The molecule has 0 fully saturated rings. The van der Waals surface area contributed by atoms with Crippen molar-refractivity contribution in [1.29, 1.82) is 0 Å². The van der Waals surface area contributed by atoms with Gasteiger partial charge in [0, 0.05) is 26.2 Å². The predicted octanol–water partition coefficient (Wildman–Crippen LogP) is 2.54. The van der Waals surface area contributed by atoms with Crippen LogP contribution in [0.3, 0.4) is 0 Å². The number of benzene rings is 1. The Bertz CT molecular complexity index is 855. The molecule has 2 aromatic rings. The third-order valence-electron chi connectivity index (χ3n) is 3.73. The molecule has 0 atom stereocenters. The molecule has 1 aromatic carbocycles. The Morgan fingerprint density at radius 1 is 1.26 bits per heavy atom. The molecule has 1 aromatic heterocycles. The van der Waals surface area contributed by atoms with Crippen LogP contribution in [-0.4, -0.2) is 41.4 Å². The zero-order chi connectivity index (χ0) is 20.0. The van der Waals surface area contributed by atoms with Crippen LogP contribution in [0.5, 0.6) is 11.5 Å². The SMILES string of the molecule is CCCn1nc(C(=O)N(C)Cc2ccc(OC)c(OC(F)F)c2)ccc1=O. The van der Waals surface area contributed by atoms with Crippen LogP contribution in [0.1, 0.15) is 29.4 Å². The minimum Gasteiger partial charge on any atom is -0.493 e. The molecule has 146 valence electrons. The van der Waals surface area contributed by atoms with Crippen LogP contribution >= 0.6 is 0 Å². The molecule has 0 bridgehead atoms. The number of halogens is 2. The van der Waals surface area contributed by atoms with E-state index in [1.807, 2.05) is 6.92 Å². The third-order valence-corrected chi connectivity index (χ3v) is 3.73. The van der Waals surface area contributed by atoms with Gasteiger partial charge in [0.15, 0.2) is 11.5 Å². The van der Waals surface area contributed by atoms with E-state index in [-0.39, 0.29) is 29.3 Å². The second-order valence-electron chi connectivity index (χ2n) is 5.80. The van der Waals surface area contributed by atoms with E-state index in [2.05, 4.69) is 9.84 Å². The number of aromatic nitrogens is 2. The molecule has 2 rings (SSSR count). The molecule has 0 saturated carbocycles. The number of aryl methyl sites for hydroxylation is 1. The van der Waals surface area contributed by atoms with Crippen LogP contribution < -0.4 is 15.0 Å². The molecule has 0 N–H and O–H groups in total. The molecule has 0 spiro atoms. The first-order valence-corrected chi connectivity index (χ1v) is 8.31. The average Bonchev–Trinajstić information content (AvgIpc) is 2.63. The molecule has 0 aliphatic heterocycles. The van der Waals surface area contributed by atoms with Gasteiger partial charge in [0.05, 0.1) is 7.11 Å². The Morgan fingerprint density at radius 2 is 2.00 bits per heavy atom. The van der Waals surface area contributed by atoms with Crippen molar-refractivity contribution in [1.82, 2.24) is 14.7 Å². The maximum Gasteiger partial charge on any atom is 0.387 e. The van der Waals surface area contributed by atoms with Gasteiger partial charge in [-0.2, -0.15) is 13.9 Å². The minimum absolute atomic E-state index is 0.111. The fourth-order valence-electron chi connectivity index (χ4n) is 2.48. The van der Waals surface area contributed by atoms with E-state index in [1.54, 1.807) is 13.1 Å². The topological polar surface area (TPSA) is 73.7 Å². The second-order valence-corrected chi connectivity index (χ2v) is 5.80. The van der Waals surface area contributed by atoms with Gasteiger partial charge >= 0.3 is 6.61 Å². The fourth-order valence-corrected chi connectivity index (χ4v) is 2.48. The van der Waals surface area contributed by atoms with E-state index in [0.29, 0.717) is 18.5 Å². The Morgan fingerprint density at radius 3 is 2.63 bits per heavy atom. The van der Waals surface area contributed by atoms with E-state index < -0.39 is 12.5 Å². The lowest BCUT2D eigenvalue weighted by Crippen LogP contribution is -2.31. The molecule has 7 nitrogen and oxygen atoms in total. The molecule has 0 saturated heterocycles. The van der Waals surface area contributed by atoms with Crippen molar-refractivity contribution in [3.8, 4) is 11.5 Å². The molecule has 9 heteroatoms. The highest BCUT2D eigenvalue weighted by molar-refractivity contribution is 5.91. The molecule has 0 unspecified atom stereocenters. The van der Waals surface area contributed by atoms with Crippen LogP contribution in [0.4, 0.5) is 8.78 Å². The van der Waals surface area contributed by atoms with Crippen LogP contribution in [-0.2, 0) is 13.1 Å². The molecular weight excluding hydrogens is 360 g/mol. The van der Waals surface area contributed by atoms with Crippen molar-refractivity contribution in [3.05, 3.63) is 51.9 Å². The first kappa shape index (κ1) is 20.3. The number of carbonyl (C=O) groups is 1. The lowest BCUT2D eigenvalue weighted by Gasteiger charge is -2.18. The summed E-state index contributed by atoms with van der Waals surface area (Å²) in [6.07, 6.45) is 0.707. The summed E-state index contributed by atoms with van der Waals surface area (Å²) in [5.41, 5.74) is 0.423. The summed E-state index contributed by atoms with van der Waals surface area (Å²) in [6, 6.07) is 7.19. The Kier molecular flexibility index (Phi) is 6.86. The largest absolute Gasteiger partial charge is 0.493 e. The van der Waals surface area contributed by atoms with E-state index in [0.717, 1.165) is 0 Å². The highest BCUT2D eigenvalue weighted by Crippen LogP contribution is 2.29. The quantitative estimate of drug-likeness (QED) is 0.703. The summed E-state index contributed by atoms with van der Waals surface area (Å²) in [7, 11) is 2.90. The summed E-state index contributed by atoms with van der Waals surface area (Å²) in [5, 5.41) is 4.08. The molecule has 1 heterocycles. The highest BCUT2D eigenvalue weighted by Gasteiger charge is 2.17. The highest BCUT2D eigenvalue weighted by atomic mass is 19.3. The Balaban J connectivity index is 2.19. The van der Waals surface area contributed by atoms with Crippen molar-refractivity contribution in [2.75, 3.05) is 14.2 Å². The fraction of sp³-hybridized carbons (Fsp3) is 0.389. The standard InChI is InChI=1S/C18H21F2N3O4/c1-4-9-23-16(24)8-6-13(21-23)17(25)22(2)11-12-5-7-14(26-3)15(10-12)27-18(19)20/h5-8,10,18H,4,9,11H2,1-3H3. The monoisotopic (exact) mass is 381 g/mol. The van der Waals surface area contributed by atoms with Crippen LogP contribution in [0.25, 0.3) is 0 Å². The zero-order valence-electron chi connectivity index (χ0n) is 15.3. The lowest BCUT2D eigenvalue weighted by molar-refractivity contribution is -0.0512. The smallest absolute Gasteiger partial charge is 0.387 e. The summed E-state index contributed by atoms with van der Waals surface area (Å²) < 4.78 is 35.7. The zero-order valence-corrected chi connectivity index (χ0v) is 15.3. The van der Waals surface area contributed by atoms with Gasteiger partial charge in [-0.25, -0.2) is 4.68 Å². The summed E-state index contributed by atoms with van der Waals surface area (Å²) in [5.74, 6) is -0.339. The predicted molar refractivity (Wildman–Crippen MR) is 94.2 cm³/mol. The van der Waals surface area contributed by atoms with Crippen molar-refractivity contribution in [2.24, 2.45) is 0 Å². The van der Waals surface area contributed by atoms with Crippen molar-refractivity contribution in [2.45, 2.75) is 33.0 Å². The molecule has 27 heavy (non-hydrogen) atoms. The number of hydrogen-bond acceptors (Lipinski definition) is 5. The van der Waals surface area contributed by atoms with Gasteiger partial charge in [0.1, 0.15) is 5.69 Å². The van der Waals surface area contributed by atoms with Gasteiger partial charge in [-0.05, 0) is 30.2 Å². The van der Waals surface area contributed by atoms with Crippen LogP contribution in [0.2, 0.25) is 0 Å². The average molecular weight is 381 g/mol. The molecular formula is C18H21F2N3O4. The third kappa shape index (κ3) is 5.25. The van der Waals surface area contributed by atoms with Crippen molar-refractivity contribution < 1.29 is 23.0 Å². The van der Waals surface area contributed by atoms with Crippen molar-refractivity contribution in [3.63, 3.8) is 0 Å². The molecule has 0 aliphatic rings.